The van der Waals surface area contributed by atoms with E-state index in [4.69, 9.17) is 5.84 Å². The molecule has 138 valence electrons. The Morgan fingerprint density at radius 3 is 2.96 bits per heavy atom. The van der Waals surface area contributed by atoms with Crippen molar-refractivity contribution in [2.24, 2.45) is 10.9 Å². The smallest absolute Gasteiger partial charge is 0.330 e. The van der Waals surface area contributed by atoms with Crippen LogP contribution >= 0.6 is 34.9 Å². The van der Waals surface area contributed by atoms with Crippen LogP contribution in [0.3, 0.4) is 0 Å². The lowest BCUT2D eigenvalue weighted by Gasteiger charge is -2.51. The van der Waals surface area contributed by atoms with E-state index in [1.54, 1.807) is 5.41 Å². The number of nitrogens with zero attached hydrogens (tertiary/aromatic N) is 2. The normalized spacial score (nSPS) is 24.8. The Hall–Kier alpha value is -1.98. The van der Waals surface area contributed by atoms with Gasteiger partial charge in [0.25, 0.3) is 0 Å². The van der Waals surface area contributed by atoms with Crippen molar-refractivity contribution in [3.05, 3.63) is 33.4 Å². The third kappa shape index (κ3) is 3.74. The van der Waals surface area contributed by atoms with Crippen LogP contribution in [0.1, 0.15) is 4.88 Å². The molecule has 1 saturated heterocycles. The molecule has 3 rings (SSSR count). The van der Waals surface area contributed by atoms with E-state index in [2.05, 4.69) is 10.4 Å². The van der Waals surface area contributed by atoms with Crippen molar-refractivity contribution in [2.45, 2.75) is 23.9 Å². The first-order chi connectivity index (χ1) is 12.5. The number of hydrogen-bond donors (Lipinski definition) is 3. The summed E-state index contributed by atoms with van der Waals surface area (Å²) in [6, 6.07) is 1.98. The van der Waals surface area contributed by atoms with Gasteiger partial charge in [-0.1, -0.05) is 6.07 Å². The standard InChI is InChI=1S/C15H16N4O4S3/c16-17-7-24-5-8-6-26-14-11(13(21)19(14)12(8)15(22)23)18-10(20)4-9-2-1-3-25-9/h1-3,6-7,11-12,14H,4-5,16H2,(H,18,20)(H,22,23). The zero-order valence-electron chi connectivity index (χ0n) is 13.4. The number of carboxylic acid groups (broad SMARTS) is 1. The molecule has 2 amide bonds. The van der Waals surface area contributed by atoms with Crippen LogP contribution in [-0.4, -0.2) is 56.5 Å². The van der Waals surface area contributed by atoms with Gasteiger partial charge >= 0.3 is 5.97 Å². The number of aliphatic carboxylic acids is 1. The van der Waals surface area contributed by atoms with E-state index >= 15 is 0 Å². The van der Waals surface area contributed by atoms with E-state index in [9.17, 15) is 19.5 Å². The molecule has 4 N–H and O–H groups in total. The molecule has 0 radical (unpaired) electrons. The number of carbonyl (C=O) groups is 3. The largest absolute Gasteiger partial charge is 0.479 e. The van der Waals surface area contributed by atoms with Crippen LogP contribution in [0.5, 0.6) is 0 Å². The highest BCUT2D eigenvalue weighted by Crippen LogP contribution is 2.40. The number of hydrogen-bond acceptors (Lipinski definition) is 8. The van der Waals surface area contributed by atoms with Gasteiger partial charge in [-0.15, -0.1) is 34.9 Å². The first-order valence-electron chi connectivity index (χ1n) is 7.57. The molecule has 0 aliphatic carbocycles. The minimum absolute atomic E-state index is 0.206. The molecule has 1 aromatic heterocycles. The number of carboxylic acids is 1. The molecule has 3 unspecified atom stereocenters. The second-order valence-electron chi connectivity index (χ2n) is 5.57. The Labute approximate surface area is 161 Å². The molecule has 1 fully saturated rings. The SMILES string of the molecule is NN=CSCC1=CSC2C(NC(=O)Cc3cccs3)C(=O)N2C1C(=O)O. The van der Waals surface area contributed by atoms with Gasteiger partial charge in [-0.25, -0.2) is 4.79 Å². The zero-order valence-corrected chi connectivity index (χ0v) is 15.9. The van der Waals surface area contributed by atoms with E-state index in [0.717, 1.165) is 4.88 Å². The predicted molar refractivity (Wildman–Crippen MR) is 103 cm³/mol. The van der Waals surface area contributed by atoms with Gasteiger partial charge in [-0.3, -0.25) is 9.59 Å². The average Bonchev–Trinajstić information content (AvgIpc) is 3.12. The lowest BCUT2D eigenvalue weighted by atomic mass is 9.98. The lowest BCUT2D eigenvalue weighted by Crippen LogP contribution is -2.74. The van der Waals surface area contributed by atoms with Crippen molar-refractivity contribution < 1.29 is 19.5 Å². The van der Waals surface area contributed by atoms with Crippen LogP contribution in [0.2, 0.25) is 0 Å². The Morgan fingerprint density at radius 1 is 1.50 bits per heavy atom. The number of amides is 2. The van der Waals surface area contributed by atoms with Crippen molar-refractivity contribution in [1.82, 2.24) is 10.2 Å². The molecule has 8 nitrogen and oxygen atoms in total. The van der Waals surface area contributed by atoms with Gasteiger partial charge in [0.05, 0.1) is 12.0 Å². The summed E-state index contributed by atoms with van der Waals surface area (Å²) >= 11 is 4.07. The summed E-state index contributed by atoms with van der Waals surface area (Å²) in [6.07, 6.45) is 0.206. The van der Waals surface area contributed by atoms with Crippen molar-refractivity contribution in [3.8, 4) is 0 Å². The maximum atomic E-state index is 12.5. The first-order valence-corrected chi connectivity index (χ1v) is 10.4. The second-order valence-corrected chi connectivity index (χ2v) is 8.43. The summed E-state index contributed by atoms with van der Waals surface area (Å²) in [5.41, 5.74) is 2.02. The molecule has 2 aliphatic rings. The fourth-order valence-electron chi connectivity index (χ4n) is 2.80. The van der Waals surface area contributed by atoms with E-state index < -0.39 is 23.4 Å². The molecule has 0 spiro atoms. The van der Waals surface area contributed by atoms with Gasteiger partial charge in [-0.2, -0.15) is 5.10 Å². The third-order valence-corrected chi connectivity index (χ3v) is 6.78. The molecule has 0 saturated carbocycles. The van der Waals surface area contributed by atoms with Crippen molar-refractivity contribution >= 4 is 58.2 Å². The molecule has 3 atom stereocenters. The van der Waals surface area contributed by atoms with E-state index in [0.29, 0.717) is 11.3 Å². The van der Waals surface area contributed by atoms with Crippen LogP contribution in [0, 0.1) is 0 Å². The van der Waals surface area contributed by atoms with E-state index in [1.807, 2.05) is 17.5 Å². The maximum absolute atomic E-state index is 12.5. The Kier molecular flexibility index (Phi) is 5.89. The van der Waals surface area contributed by atoms with Gasteiger partial charge in [0, 0.05) is 10.6 Å². The Balaban J connectivity index is 1.66. The third-order valence-electron chi connectivity index (χ3n) is 3.92. The van der Waals surface area contributed by atoms with Crippen LogP contribution < -0.4 is 11.2 Å². The summed E-state index contributed by atoms with van der Waals surface area (Å²) in [5, 5.41) is 18.8. The quantitative estimate of drug-likeness (QED) is 0.198. The predicted octanol–water partition coefficient (Wildman–Crippen LogP) is 0.663. The summed E-state index contributed by atoms with van der Waals surface area (Å²) in [6.45, 7) is 0. The van der Waals surface area contributed by atoms with Gasteiger partial charge < -0.3 is 21.2 Å². The fourth-order valence-corrected chi connectivity index (χ4v) is 5.43. The first kappa shape index (κ1) is 18.8. The van der Waals surface area contributed by atoms with Crippen molar-refractivity contribution in [2.75, 3.05) is 5.75 Å². The van der Waals surface area contributed by atoms with Gasteiger partial charge in [0.1, 0.15) is 11.4 Å². The highest BCUT2D eigenvalue weighted by atomic mass is 32.2. The van der Waals surface area contributed by atoms with E-state index in [1.165, 1.54) is 45.3 Å². The topological polar surface area (TPSA) is 125 Å². The van der Waals surface area contributed by atoms with Crippen LogP contribution in [0.15, 0.2) is 33.6 Å². The number of β-lactam (4-membered cyclic amide) rings is 1. The minimum Gasteiger partial charge on any atom is -0.479 e. The van der Waals surface area contributed by atoms with Crippen LogP contribution in [-0.2, 0) is 20.8 Å². The van der Waals surface area contributed by atoms with Crippen molar-refractivity contribution in [1.29, 1.82) is 0 Å². The molecule has 3 heterocycles. The number of rotatable bonds is 7. The molecular formula is C15H16N4O4S3. The second kappa shape index (κ2) is 8.14. The van der Waals surface area contributed by atoms with Crippen molar-refractivity contribution in [3.63, 3.8) is 0 Å². The summed E-state index contributed by atoms with van der Waals surface area (Å²) in [4.78, 5) is 38.5. The molecule has 26 heavy (non-hydrogen) atoms. The van der Waals surface area contributed by atoms with E-state index in [-0.39, 0.29) is 18.2 Å². The highest BCUT2D eigenvalue weighted by molar-refractivity contribution is 8.12. The molecule has 2 aliphatic heterocycles. The lowest BCUT2D eigenvalue weighted by molar-refractivity contribution is -0.160. The van der Waals surface area contributed by atoms with Gasteiger partial charge in [0.2, 0.25) is 11.8 Å². The number of nitrogens with two attached hydrogens (primary N) is 1. The molecular weight excluding hydrogens is 396 g/mol. The molecule has 1 aromatic rings. The Bertz CT molecular complexity index is 765. The Morgan fingerprint density at radius 2 is 2.31 bits per heavy atom. The van der Waals surface area contributed by atoms with Gasteiger partial charge in [-0.05, 0) is 22.4 Å². The minimum atomic E-state index is -1.09. The summed E-state index contributed by atoms with van der Waals surface area (Å²) in [7, 11) is 0. The average molecular weight is 413 g/mol. The number of carbonyl (C=O) groups excluding carboxylic acids is 2. The number of fused-ring (bicyclic) bond motifs is 1. The van der Waals surface area contributed by atoms with Crippen LogP contribution in [0.4, 0.5) is 0 Å². The molecule has 11 heteroatoms. The maximum Gasteiger partial charge on any atom is 0.330 e. The number of hydrazone groups is 1. The van der Waals surface area contributed by atoms with Gasteiger partial charge in [0.15, 0.2) is 6.04 Å². The number of nitrogens with one attached hydrogen (secondary N) is 1. The molecule has 0 aromatic carbocycles. The molecule has 0 bridgehead atoms. The number of thiophene rings is 1. The fraction of sp³-hybridized carbons (Fsp3) is 0.333. The van der Waals surface area contributed by atoms with Crippen LogP contribution in [0.25, 0.3) is 0 Å². The summed E-state index contributed by atoms with van der Waals surface area (Å²) in [5.74, 6) is 3.69. The monoisotopic (exact) mass is 412 g/mol. The zero-order chi connectivity index (χ0) is 18.7. The highest BCUT2D eigenvalue weighted by Gasteiger charge is 2.55. The summed E-state index contributed by atoms with van der Waals surface area (Å²) < 4.78 is 0. The number of thioether (sulfide) groups is 2.